The molecule has 0 aliphatic heterocycles. The van der Waals surface area contributed by atoms with Crippen molar-refractivity contribution in [3.63, 3.8) is 0 Å². The Morgan fingerprint density at radius 2 is 2.00 bits per heavy atom. The predicted molar refractivity (Wildman–Crippen MR) is 61.4 cm³/mol. The first-order valence-corrected chi connectivity index (χ1v) is 4.94. The highest BCUT2D eigenvalue weighted by Gasteiger charge is 2.09. The number of nitrogens with two attached hydrogens (primary N) is 1. The van der Waals surface area contributed by atoms with Gasteiger partial charge in [0.25, 0.3) is 0 Å². The molecule has 2 heteroatoms. The maximum Gasteiger partial charge on any atom is 0.0482 e. The summed E-state index contributed by atoms with van der Waals surface area (Å²) in [6.45, 7) is 4.41. The average Bonchev–Trinajstić information content (AvgIpc) is 2.43. The van der Waals surface area contributed by atoms with E-state index in [4.69, 9.17) is 5.73 Å². The summed E-state index contributed by atoms with van der Waals surface area (Å²) in [5, 5.41) is 1.28. The molecule has 74 valence electrons. The Balaban J connectivity index is 2.79. The Morgan fingerprint density at radius 1 is 1.29 bits per heavy atom. The third-order valence-corrected chi connectivity index (χ3v) is 2.67. The molecule has 14 heavy (non-hydrogen) atoms. The number of fused-ring (bicyclic) bond motifs is 1. The SMILES string of the molecule is CC(C)c1cn(C)c2ccc(N)cc12. The van der Waals surface area contributed by atoms with Gasteiger partial charge in [-0.05, 0) is 29.7 Å². The number of hydrogen-bond donors (Lipinski definition) is 1. The van der Waals surface area contributed by atoms with Crippen molar-refractivity contribution in [3.8, 4) is 0 Å². The summed E-state index contributed by atoms with van der Waals surface area (Å²) < 4.78 is 2.16. The number of nitrogen functional groups attached to an aromatic ring is 1. The van der Waals surface area contributed by atoms with Gasteiger partial charge in [0.2, 0.25) is 0 Å². The van der Waals surface area contributed by atoms with Crippen molar-refractivity contribution in [2.75, 3.05) is 5.73 Å². The van der Waals surface area contributed by atoms with E-state index in [1.165, 1.54) is 16.5 Å². The van der Waals surface area contributed by atoms with Crippen molar-refractivity contribution in [2.45, 2.75) is 19.8 Å². The second-order valence-corrected chi connectivity index (χ2v) is 4.13. The van der Waals surface area contributed by atoms with Crippen LogP contribution >= 0.6 is 0 Å². The maximum atomic E-state index is 5.79. The molecule has 0 aliphatic carbocycles. The summed E-state index contributed by atoms with van der Waals surface area (Å²) in [5.41, 5.74) is 9.25. The van der Waals surface area contributed by atoms with Gasteiger partial charge < -0.3 is 10.3 Å². The second kappa shape index (κ2) is 3.05. The molecule has 2 aromatic rings. The van der Waals surface area contributed by atoms with Crippen molar-refractivity contribution in [3.05, 3.63) is 30.0 Å². The molecule has 1 aromatic carbocycles. The maximum absolute atomic E-state index is 5.79. The molecule has 0 saturated heterocycles. The Morgan fingerprint density at radius 3 is 2.64 bits per heavy atom. The predicted octanol–water partition coefficient (Wildman–Crippen LogP) is 2.88. The van der Waals surface area contributed by atoms with Gasteiger partial charge >= 0.3 is 0 Å². The molecule has 0 spiro atoms. The minimum absolute atomic E-state index is 0.542. The van der Waals surface area contributed by atoms with Crippen LogP contribution < -0.4 is 5.73 Å². The topological polar surface area (TPSA) is 30.9 Å². The Bertz CT molecular complexity index is 466. The van der Waals surface area contributed by atoms with Gasteiger partial charge in [0, 0.05) is 29.8 Å². The fourth-order valence-electron chi connectivity index (χ4n) is 1.90. The standard InChI is InChI=1S/C12H16N2/c1-8(2)11-7-14(3)12-5-4-9(13)6-10(11)12/h4-8H,13H2,1-3H3. The lowest BCUT2D eigenvalue weighted by Gasteiger charge is -2.02. The van der Waals surface area contributed by atoms with E-state index < -0.39 is 0 Å². The Hall–Kier alpha value is -1.44. The monoisotopic (exact) mass is 188 g/mol. The van der Waals surface area contributed by atoms with Crippen LogP contribution in [0.15, 0.2) is 24.4 Å². The summed E-state index contributed by atoms with van der Waals surface area (Å²) in [6.07, 6.45) is 2.19. The Labute approximate surface area is 84.3 Å². The highest BCUT2D eigenvalue weighted by atomic mass is 14.9. The highest BCUT2D eigenvalue weighted by Crippen LogP contribution is 2.28. The lowest BCUT2D eigenvalue weighted by molar-refractivity contribution is 0.857. The highest BCUT2D eigenvalue weighted by molar-refractivity contribution is 5.87. The van der Waals surface area contributed by atoms with Crippen LogP contribution in [0.2, 0.25) is 0 Å². The average molecular weight is 188 g/mol. The Kier molecular flexibility index (Phi) is 1.99. The molecule has 0 radical (unpaired) electrons. The third-order valence-electron chi connectivity index (χ3n) is 2.67. The smallest absolute Gasteiger partial charge is 0.0482 e. The fraction of sp³-hybridized carbons (Fsp3) is 0.333. The molecule has 0 saturated carbocycles. The number of rotatable bonds is 1. The van der Waals surface area contributed by atoms with E-state index in [2.05, 4.69) is 43.8 Å². The summed E-state index contributed by atoms with van der Waals surface area (Å²) in [7, 11) is 2.07. The first-order chi connectivity index (χ1) is 6.59. The number of nitrogens with zero attached hydrogens (tertiary/aromatic N) is 1. The normalized spacial score (nSPS) is 11.4. The molecule has 0 atom stereocenters. The number of aromatic nitrogens is 1. The van der Waals surface area contributed by atoms with Crippen LogP contribution in [0.25, 0.3) is 10.9 Å². The van der Waals surface area contributed by atoms with Gasteiger partial charge in [-0.25, -0.2) is 0 Å². The van der Waals surface area contributed by atoms with E-state index in [1.807, 2.05) is 6.07 Å². The largest absolute Gasteiger partial charge is 0.399 e. The van der Waals surface area contributed by atoms with Gasteiger partial charge in [-0.15, -0.1) is 0 Å². The zero-order valence-corrected chi connectivity index (χ0v) is 8.91. The van der Waals surface area contributed by atoms with Crippen LogP contribution in [0, 0.1) is 0 Å². The lowest BCUT2D eigenvalue weighted by Crippen LogP contribution is -1.86. The van der Waals surface area contributed by atoms with E-state index in [9.17, 15) is 0 Å². The molecule has 1 heterocycles. The van der Waals surface area contributed by atoms with E-state index >= 15 is 0 Å². The molecular formula is C12H16N2. The lowest BCUT2D eigenvalue weighted by atomic mass is 10.0. The molecule has 1 aromatic heterocycles. The first-order valence-electron chi connectivity index (χ1n) is 4.94. The van der Waals surface area contributed by atoms with Gasteiger partial charge in [-0.2, -0.15) is 0 Å². The van der Waals surface area contributed by atoms with Crippen LogP contribution in [0.4, 0.5) is 5.69 Å². The number of benzene rings is 1. The van der Waals surface area contributed by atoms with E-state index in [1.54, 1.807) is 0 Å². The van der Waals surface area contributed by atoms with Crippen molar-refractivity contribution in [1.29, 1.82) is 0 Å². The molecule has 0 unspecified atom stereocenters. The molecule has 2 N–H and O–H groups in total. The number of hydrogen-bond acceptors (Lipinski definition) is 1. The van der Waals surface area contributed by atoms with Crippen LogP contribution in [0.3, 0.4) is 0 Å². The van der Waals surface area contributed by atoms with Crippen LogP contribution in [-0.2, 0) is 7.05 Å². The molecule has 0 bridgehead atoms. The molecule has 0 fully saturated rings. The van der Waals surface area contributed by atoms with Crippen molar-refractivity contribution in [1.82, 2.24) is 4.57 Å². The molecule has 0 amide bonds. The van der Waals surface area contributed by atoms with E-state index in [0.29, 0.717) is 5.92 Å². The van der Waals surface area contributed by atoms with Gasteiger partial charge in [0.1, 0.15) is 0 Å². The summed E-state index contributed by atoms with van der Waals surface area (Å²) in [6, 6.07) is 6.09. The molecule has 2 nitrogen and oxygen atoms in total. The second-order valence-electron chi connectivity index (χ2n) is 4.13. The number of anilines is 1. The zero-order chi connectivity index (χ0) is 10.3. The summed E-state index contributed by atoms with van der Waals surface area (Å²) >= 11 is 0. The molecule has 2 rings (SSSR count). The van der Waals surface area contributed by atoms with Crippen molar-refractivity contribution >= 4 is 16.6 Å². The van der Waals surface area contributed by atoms with Gasteiger partial charge in [-0.3, -0.25) is 0 Å². The minimum atomic E-state index is 0.542. The van der Waals surface area contributed by atoms with Gasteiger partial charge in [0.15, 0.2) is 0 Å². The first kappa shape index (κ1) is 9.13. The fourth-order valence-corrected chi connectivity index (χ4v) is 1.90. The van der Waals surface area contributed by atoms with Crippen LogP contribution in [-0.4, -0.2) is 4.57 Å². The van der Waals surface area contributed by atoms with Crippen molar-refractivity contribution < 1.29 is 0 Å². The third kappa shape index (κ3) is 1.27. The van der Waals surface area contributed by atoms with Crippen LogP contribution in [0.1, 0.15) is 25.3 Å². The van der Waals surface area contributed by atoms with Crippen LogP contribution in [0.5, 0.6) is 0 Å². The van der Waals surface area contributed by atoms with E-state index in [-0.39, 0.29) is 0 Å². The quantitative estimate of drug-likeness (QED) is 0.685. The minimum Gasteiger partial charge on any atom is -0.399 e. The zero-order valence-electron chi connectivity index (χ0n) is 8.91. The van der Waals surface area contributed by atoms with Crippen molar-refractivity contribution in [2.24, 2.45) is 7.05 Å². The summed E-state index contributed by atoms with van der Waals surface area (Å²) in [5.74, 6) is 0.542. The molecule has 0 aliphatic rings. The summed E-state index contributed by atoms with van der Waals surface area (Å²) in [4.78, 5) is 0. The van der Waals surface area contributed by atoms with Gasteiger partial charge in [-0.1, -0.05) is 13.8 Å². The molecular weight excluding hydrogens is 172 g/mol. The number of aryl methyl sites for hydroxylation is 1. The van der Waals surface area contributed by atoms with Gasteiger partial charge in [0.05, 0.1) is 0 Å². The van der Waals surface area contributed by atoms with E-state index in [0.717, 1.165) is 5.69 Å².